The highest BCUT2D eigenvalue weighted by Crippen LogP contribution is 2.35. The van der Waals surface area contributed by atoms with Gasteiger partial charge in [0.05, 0.1) is 6.26 Å². The summed E-state index contributed by atoms with van der Waals surface area (Å²) in [7, 11) is 0. The van der Waals surface area contributed by atoms with Crippen molar-refractivity contribution in [3.8, 4) is 0 Å². The minimum Gasteiger partial charge on any atom is -0.464 e. The van der Waals surface area contributed by atoms with Crippen LogP contribution in [0.3, 0.4) is 0 Å². The Bertz CT molecular complexity index is 376. The predicted octanol–water partition coefficient (Wildman–Crippen LogP) is 0.467. The van der Waals surface area contributed by atoms with E-state index in [1.54, 1.807) is 0 Å². The minimum absolute atomic E-state index is 0.106. The molecule has 0 amide bonds. The summed E-state index contributed by atoms with van der Waals surface area (Å²) >= 11 is 0. The number of carbonyl (C=O) groups excluding carboxylic acids is 2. The molecule has 0 radical (unpaired) electrons. The highest BCUT2D eigenvalue weighted by atomic mass is 16.6. The SMILES string of the molecule is CC(=O)C1=C2C(=O)C(O)OC=C2CC1. The summed E-state index contributed by atoms with van der Waals surface area (Å²) in [6.45, 7) is 1.43. The molecule has 1 heterocycles. The number of aliphatic hydroxyl groups is 1. The molecule has 0 aromatic rings. The summed E-state index contributed by atoms with van der Waals surface area (Å²) in [6.07, 6.45) is 1.14. The molecule has 2 aliphatic rings. The zero-order valence-corrected chi connectivity index (χ0v) is 7.74. The maximum absolute atomic E-state index is 11.5. The summed E-state index contributed by atoms with van der Waals surface area (Å²) in [5.74, 6) is -0.601. The number of aliphatic hydroxyl groups excluding tert-OH is 1. The van der Waals surface area contributed by atoms with Gasteiger partial charge in [-0.15, -0.1) is 0 Å². The van der Waals surface area contributed by atoms with Gasteiger partial charge in [-0.1, -0.05) is 0 Å². The summed E-state index contributed by atoms with van der Waals surface area (Å²) in [6, 6.07) is 0. The quantitative estimate of drug-likeness (QED) is 0.659. The lowest BCUT2D eigenvalue weighted by molar-refractivity contribution is -0.143. The van der Waals surface area contributed by atoms with Crippen molar-refractivity contribution in [1.29, 1.82) is 0 Å². The van der Waals surface area contributed by atoms with Gasteiger partial charge in [0.1, 0.15) is 0 Å². The molecule has 2 rings (SSSR count). The molecule has 1 aliphatic heterocycles. The van der Waals surface area contributed by atoms with E-state index in [1.165, 1.54) is 13.2 Å². The number of ketones is 2. The highest BCUT2D eigenvalue weighted by molar-refractivity contribution is 6.11. The first-order valence-electron chi connectivity index (χ1n) is 4.42. The van der Waals surface area contributed by atoms with Crippen LogP contribution in [0.25, 0.3) is 0 Å². The Morgan fingerprint density at radius 3 is 2.93 bits per heavy atom. The normalized spacial score (nSPS) is 25.7. The van der Waals surface area contributed by atoms with E-state index in [2.05, 4.69) is 0 Å². The maximum Gasteiger partial charge on any atom is 0.261 e. The fourth-order valence-electron chi connectivity index (χ4n) is 1.81. The van der Waals surface area contributed by atoms with Crippen LogP contribution in [0.5, 0.6) is 0 Å². The van der Waals surface area contributed by atoms with Gasteiger partial charge in [0.2, 0.25) is 5.78 Å². The first kappa shape index (κ1) is 9.15. The van der Waals surface area contributed by atoms with E-state index in [0.717, 1.165) is 5.57 Å². The average molecular weight is 194 g/mol. The third-order valence-electron chi connectivity index (χ3n) is 2.50. The Labute approximate surface area is 80.9 Å². The Morgan fingerprint density at radius 1 is 1.57 bits per heavy atom. The number of rotatable bonds is 1. The topological polar surface area (TPSA) is 63.6 Å². The third kappa shape index (κ3) is 1.19. The van der Waals surface area contributed by atoms with Crippen molar-refractivity contribution in [3.63, 3.8) is 0 Å². The molecule has 1 unspecified atom stereocenters. The zero-order valence-electron chi connectivity index (χ0n) is 7.74. The van der Waals surface area contributed by atoms with Gasteiger partial charge < -0.3 is 9.84 Å². The van der Waals surface area contributed by atoms with E-state index in [1.807, 2.05) is 0 Å². The highest BCUT2D eigenvalue weighted by Gasteiger charge is 2.35. The maximum atomic E-state index is 11.5. The van der Waals surface area contributed by atoms with E-state index in [0.29, 0.717) is 24.0 Å². The van der Waals surface area contributed by atoms with Crippen molar-refractivity contribution in [1.82, 2.24) is 0 Å². The average Bonchev–Trinajstić information content (AvgIpc) is 2.55. The summed E-state index contributed by atoms with van der Waals surface area (Å²) in [5.41, 5.74) is 1.62. The Balaban J connectivity index is 2.51. The van der Waals surface area contributed by atoms with Gasteiger partial charge in [-0.2, -0.15) is 0 Å². The molecule has 4 nitrogen and oxygen atoms in total. The van der Waals surface area contributed by atoms with Crippen LogP contribution in [0, 0.1) is 0 Å². The van der Waals surface area contributed by atoms with E-state index >= 15 is 0 Å². The second-order valence-electron chi connectivity index (χ2n) is 3.41. The lowest BCUT2D eigenvalue weighted by Crippen LogP contribution is -2.28. The van der Waals surface area contributed by atoms with Crippen LogP contribution >= 0.6 is 0 Å². The molecular formula is C10H10O4. The third-order valence-corrected chi connectivity index (χ3v) is 2.50. The molecule has 0 saturated heterocycles. The number of ether oxygens (including phenoxy) is 1. The fourth-order valence-corrected chi connectivity index (χ4v) is 1.81. The van der Waals surface area contributed by atoms with Crippen molar-refractivity contribution in [3.05, 3.63) is 23.0 Å². The van der Waals surface area contributed by atoms with Gasteiger partial charge in [-0.05, 0) is 25.3 Å². The number of carbonyl (C=O) groups is 2. The molecule has 0 fully saturated rings. The predicted molar refractivity (Wildman–Crippen MR) is 47.1 cm³/mol. The van der Waals surface area contributed by atoms with Crippen LogP contribution in [0.15, 0.2) is 23.0 Å². The second kappa shape index (κ2) is 3.06. The molecule has 74 valence electrons. The van der Waals surface area contributed by atoms with Crippen LogP contribution in [0.4, 0.5) is 0 Å². The van der Waals surface area contributed by atoms with E-state index in [9.17, 15) is 9.59 Å². The van der Waals surface area contributed by atoms with Gasteiger partial charge in [-0.25, -0.2) is 0 Å². The molecule has 14 heavy (non-hydrogen) atoms. The number of allylic oxidation sites excluding steroid dienone is 2. The molecule has 4 heteroatoms. The van der Waals surface area contributed by atoms with Gasteiger partial charge in [-0.3, -0.25) is 9.59 Å². The zero-order chi connectivity index (χ0) is 10.3. The van der Waals surface area contributed by atoms with E-state index in [4.69, 9.17) is 9.84 Å². The fraction of sp³-hybridized carbons (Fsp3) is 0.400. The molecule has 0 aromatic carbocycles. The Kier molecular flexibility index (Phi) is 2.00. The first-order valence-corrected chi connectivity index (χ1v) is 4.42. The van der Waals surface area contributed by atoms with Crippen molar-refractivity contribution in [2.24, 2.45) is 0 Å². The van der Waals surface area contributed by atoms with Crippen LogP contribution in [0.2, 0.25) is 0 Å². The lowest BCUT2D eigenvalue weighted by atomic mass is 10.00. The van der Waals surface area contributed by atoms with Crippen molar-refractivity contribution in [2.75, 3.05) is 0 Å². The molecule has 0 aromatic heterocycles. The van der Waals surface area contributed by atoms with Gasteiger partial charge >= 0.3 is 0 Å². The Hall–Kier alpha value is -1.42. The Morgan fingerprint density at radius 2 is 2.29 bits per heavy atom. The number of hydrogen-bond donors (Lipinski definition) is 1. The molecule has 0 saturated carbocycles. The molecule has 1 N–H and O–H groups in total. The van der Waals surface area contributed by atoms with Gasteiger partial charge in [0.15, 0.2) is 5.78 Å². The van der Waals surface area contributed by atoms with Gasteiger partial charge in [0.25, 0.3) is 6.29 Å². The van der Waals surface area contributed by atoms with Crippen molar-refractivity contribution in [2.45, 2.75) is 26.1 Å². The standard InChI is InChI=1S/C10H10O4/c1-5(11)7-3-2-6-4-14-10(13)9(12)8(6)7/h4,10,13H,2-3H2,1H3. The van der Waals surface area contributed by atoms with Gasteiger partial charge in [0, 0.05) is 11.1 Å². The van der Waals surface area contributed by atoms with Crippen LogP contribution in [-0.4, -0.2) is 23.0 Å². The van der Waals surface area contributed by atoms with E-state index < -0.39 is 12.1 Å². The molecule has 0 bridgehead atoms. The minimum atomic E-state index is -1.44. The van der Waals surface area contributed by atoms with Crippen molar-refractivity contribution >= 4 is 11.6 Å². The van der Waals surface area contributed by atoms with Crippen LogP contribution in [-0.2, 0) is 14.3 Å². The monoisotopic (exact) mass is 194 g/mol. The lowest BCUT2D eigenvalue weighted by Gasteiger charge is -2.17. The van der Waals surface area contributed by atoms with Crippen LogP contribution in [0.1, 0.15) is 19.8 Å². The number of fused-ring (bicyclic) bond motifs is 1. The molecule has 0 spiro atoms. The molecule has 1 atom stereocenters. The summed E-state index contributed by atoms with van der Waals surface area (Å²) in [4.78, 5) is 22.7. The largest absolute Gasteiger partial charge is 0.464 e. The smallest absolute Gasteiger partial charge is 0.261 e. The van der Waals surface area contributed by atoms with Crippen LogP contribution < -0.4 is 0 Å². The summed E-state index contributed by atoms with van der Waals surface area (Å²) < 4.78 is 4.73. The number of Topliss-reactive ketones (excluding diaryl/α,β-unsaturated/α-hetero) is 2. The number of hydrogen-bond acceptors (Lipinski definition) is 4. The molecule has 1 aliphatic carbocycles. The first-order chi connectivity index (χ1) is 6.61. The molecular weight excluding hydrogens is 184 g/mol. The van der Waals surface area contributed by atoms with E-state index in [-0.39, 0.29) is 5.78 Å². The van der Waals surface area contributed by atoms with Crippen molar-refractivity contribution < 1.29 is 19.4 Å². The summed E-state index contributed by atoms with van der Waals surface area (Å²) in [5, 5.41) is 9.16. The second-order valence-corrected chi connectivity index (χ2v) is 3.41.